The summed E-state index contributed by atoms with van der Waals surface area (Å²) in [6.45, 7) is 0.886. The van der Waals surface area contributed by atoms with Crippen molar-refractivity contribution in [3.63, 3.8) is 0 Å². The number of likely N-dealkylation sites (N-methyl/N-ethyl adjacent to an activating group) is 1. The summed E-state index contributed by atoms with van der Waals surface area (Å²) in [6.07, 6.45) is 1.63. The molecule has 6 nitrogen and oxygen atoms in total. The van der Waals surface area contributed by atoms with Gasteiger partial charge in [-0.25, -0.2) is 4.79 Å². The zero-order chi connectivity index (χ0) is 17.5. The minimum Gasteiger partial charge on any atom is -0.468 e. The summed E-state index contributed by atoms with van der Waals surface area (Å²) in [5.74, 6) is 0.810. The number of nitriles is 1. The molecular formula is C18H22N4O2. The summed E-state index contributed by atoms with van der Waals surface area (Å²) in [6, 6.07) is 12.9. The maximum Gasteiger partial charge on any atom is 0.317 e. The van der Waals surface area contributed by atoms with Crippen molar-refractivity contribution in [2.45, 2.75) is 12.6 Å². The molecular weight excluding hydrogens is 304 g/mol. The molecule has 1 aromatic carbocycles. The van der Waals surface area contributed by atoms with E-state index in [-0.39, 0.29) is 12.1 Å². The van der Waals surface area contributed by atoms with E-state index in [1.165, 1.54) is 0 Å². The highest BCUT2D eigenvalue weighted by atomic mass is 16.3. The molecule has 24 heavy (non-hydrogen) atoms. The second kappa shape index (κ2) is 8.18. The second-order valence-electron chi connectivity index (χ2n) is 5.85. The summed E-state index contributed by atoms with van der Waals surface area (Å²) in [5, 5.41) is 11.9. The number of carbonyl (C=O) groups is 1. The number of rotatable bonds is 6. The standard InChI is InChI=1S/C18H22N4O2/c1-21(2)16(17-8-5-9-24-17)12-20-18(23)22(3)13-15-7-4-6-14(10-15)11-19/h4-10,16H,12-13H2,1-3H3,(H,20,23). The predicted octanol–water partition coefficient (Wildman–Crippen LogP) is 2.60. The molecule has 0 saturated carbocycles. The molecule has 1 N–H and O–H groups in total. The van der Waals surface area contributed by atoms with E-state index < -0.39 is 0 Å². The Kier molecular flexibility index (Phi) is 5.99. The Morgan fingerprint density at radius 1 is 1.29 bits per heavy atom. The maximum absolute atomic E-state index is 12.3. The molecule has 6 heteroatoms. The lowest BCUT2D eigenvalue weighted by Crippen LogP contribution is -2.41. The zero-order valence-electron chi connectivity index (χ0n) is 14.2. The molecule has 0 spiro atoms. The van der Waals surface area contributed by atoms with Crippen LogP contribution in [0.3, 0.4) is 0 Å². The Hall–Kier alpha value is -2.78. The van der Waals surface area contributed by atoms with E-state index in [2.05, 4.69) is 11.4 Å². The summed E-state index contributed by atoms with van der Waals surface area (Å²) >= 11 is 0. The van der Waals surface area contributed by atoms with Crippen LogP contribution in [0.25, 0.3) is 0 Å². The molecule has 2 rings (SSSR count). The molecule has 0 aliphatic rings. The van der Waals surface area contributed by atoms with Crippen LogP contribution in [0.1, 0.15) is 22.9 Å². The third kappa shape index (κ3) is 4.61. The van der Waals surface area contributed by atoms with Crippen LogP contribution in [0, 0.1) is 11.3 Å². The van der Waals surface area contributed by atoms with Gasteiger partial charge in [-0.1, -0.05) is 12.1 Å². The minimum absolute atomic E-state index is 0.0285. The molecule has 0 bridgehead atoms. The molecule has 1 heterocycles. The number of urea groups is 1. The second-order valence-corrected chi connectivity index (χ2v) is 5.85. The number of hydrogen-bond acceptors (Lipinski definition) is 4. The molecule has 0 aliphatic heterocycles. The Labute approximate surface area is 142 Å². The SMILES string of the molecule is CN(Cc1cccc(C#N)c1)C(=O)NCC(c1ccco1)N(C)C. The zero-order valence-corrected chi connectivity index (χ0v) is 14.2. The van der Waals surface area contributed by atoms with Crippen LogP contribution in [-0.4, -0.2) is 43.5 Å². The van der Waals surface area contributed by atoms with Gasteiger partial charge in [0.25, 0.3) is 0 Å². The number of nitrogens with one attached hydrogen (secondary N) is 1. The van der Waals surface area contributed by atoms with Crippen molar-refractivity contribution in [3.05, 3.63) is 59.5 Å². The third-order valence-electron chi connectivity index (χ3n) is 3.76. The van der Waals surface area contributed by atoms with Crippen LogP contribution in [0.2, 0.25) is 0 Å². The molecule has 126 valence electrons. The molecule has 1 atom stereocenters. The largest absolute Gasteiger partial charge is 0.468 e. The fourth-order valence-corrected chi connectivity index (χ4v) is 2.42. The van der Waals surface area contributed by atoms with E-state index in [4.69, 9.17) is 9.68 Å². The van der Waals surface area contributed by atoms with E-state index in [1.807, 2.05) is 43.3 Å². The number of hydrogen-bond donors (Lipinski definition) is 1. The normalized spacial score (nSPS) is 11.8. The summed E-state index contributed by atoms with van der Waals surface area (Å²) in [4.78, 5) is 15.9. The Bertz CT molecular complexity index is 704. The van der Waals surface area contributed by atoms with Gasteiger partial charge in [-0.2, -0.15) is 5.26 Å². The number of nitrogens with zero attached hydrogens (tertiary/aromatic N) is 3. The van der Waals surface area contributed by atoms with Crippen LogP contribution in [0.4, 0.5) is 4.79 Å². The van der Waals surface area contributed by atoms with Crippen molar-refractivity contribution in [1.29, 1.82) is 5.26 Å². The average Bonchev–Trinajstić information content (AvgIpc) is 3.08. The fourth-order valence-electron chi connectivity index (χ4n) is 2.42. The molecule has 0 fully saturated rings. The fraction of sp³-hybridized carbons (Fsp3) is 0.333. The average molecular weight is 326 g/mol. The smallest absolute Gasteiger partial charge is 0.317 e. The van der Waals surface area contributed by atoms with E-state index in [0.29, 0.717) is 18.7 Å². The van der Waals surface area contributed by atoms with E-state index >= 15 is 0 Å². The van der Waals surface area contributed by atoms with Gasteiger partial charge in [-0.05, 0) is 43.9 Å². The van der Waals surface area contributed by atoms with Gasteiger partial charge in [-0.15, -0.1) is 0 Å². The van der Waals surface area contributed by atoms with Crippen molar-refractivity contribution in [2.24, 2.45) is 0 Å². The van der Waals surface area contributed by atoms with Crippen LogP contribution in [0.15, 0.2) is 47.1 Å². The third-order valence-corrected chi connectivity index (χ3v) is 3.76. The van der Waals surface area contributed by atoms with Gasteiger partial charge in [0.05, 0.1) is 23.9 Å². The first-order valence-corrected chi connectivity index (χ1v) is 7.69. The highest BCUT2D eigenvalue weighted by Gasteiger charge is 2.19. The van der Waals surface area contributed by atoms with Gasteiger partial charge in [0.1, 0.15) is 5.76 Å². The molecule has 1 aromatic heterocycles. The lowest BCUT2D eigenvalue weighted by molar-refractivity contribution is 0.197. The first kappa shape index (κ1) is 17.6. The van der Waals surface area contributed by atoms with Gasteiger partial charge >= 0.3 is 6.03 Å². The molecule has 0 radical (unpaired) electrons. The molecule has 2 aromatic rings. The number of amides is 2. The summed E-state index contributed by atoms with van der Waals surface area (Å²) in [7, 11) is 5.61. The van der Waals surface area contributed by atoms with E-state index in [0.717, 1.165) is 11.3 Å². The monoisotopic (exact) mass is 326 g/mol. The quantitative estimate of drug-likeness (QED) is 0.885. The van der Waals surface area contributed by atoms with E-state index in [1.54, 1.807) is 30.3 Å². The Morgan fingerprint density at radius 3 is 2.71 bits per heavy atom. The molecule has 1 unspecified atom stereocenters. The van der Waals surface area contributed by atoms with Crippen molar-refractivity contribution in [3.8, 4) is 6.07 Å². The van der Waals surface area contributed by atoms with Gasteiger partial charge < -0.3 is 14.6 Å². The Morgan fingerprint density at radius 2 is 2.08 bits per heavy atom. The summed E-state index contributed by atoms with van der Waals surface area (Å²) < 4.78 is 5.43. The lowest BCUT2D eigenvalue weighted by Gasteiger charge is -2.24. The van der Waals surface area contributed by atoms with Crippen molar-refractivity contribution in [1.82, 2.24) is 15.1 Å². The van der Waals surface area contributed by atoms with Gasteiger partial charge in [0.15, 0.2) is 0 Å². The van der Waals surface area contributed by atoms with Crippen LogP contribution < -0.4 is 5.32 Å². The van der Waals surface area contributed by atoms with Crippen molar-refractivity contribution < 1.29 is 9.21 Å². The lowest BCUT2D eigenvalue weighted by atomic mass is 10.1. The van der Waals surface area contributed by atoms with Crippen molar-refractivity contribution in [2.75, 3.05) is 27.7 Å². The molecule has 2 amide bonds. The summed E-state index contributed by atoms with van der Waals surface area (Å²) in [5.41, 5.74) is 1.51. The predicted molar refractivity (Wildman–Crippen MR) is 91.2 cm³/mol. The van der Waals surface area contributed by atoms with Gasteiger partial charge in [0.2, 0.25) is 0 Å². The van der Waals surface area contributed by atoms with E-state index in [9.17, 15) is 4.79 Å². The first-order chi connectivity index (χ1) is 11.5. The Balaban J connectivity index is 1.92. The highest BCUT2D eigenvalue weighted by Crippen LogP contribution is 2.17. The maximum atomic E-state index is 12.3. The van der Waals surface area contributed by atoms with Gasteiger partial charge in [0, 0.05) is 20.1 Å². The molecule has 0 aliphatic carbocycles. The van der Waals surface area contributed by atoms with Crippen LogP contribution in [0.5, 0.6) is 0 Å². The number of carbonyl (C=O) groups excluding carboxylic acids is 1. The topological polar surface area (TPSA) is 72.5 Å². The van der Waals surface area contributed by atoms with Gasteiger partial charge in [-0.3, -0.25) is 4.90 Å². The minimum atomic E-state index is -0.171. The number of furan rings is 1. The first-order valence-electron chi connectivity index (χ1n) is 7.69. The molecule has 0 saturated heterocycles. The highest BCUT2D eigenvalue weighted by molar-refractivity contribution is 5.73. The number of benzene rings is 1. The van der Waals surface area contributed by atoms with Crippen molar-refractivity contribution >= 4 is 6.03 Å². The van der Waals surface area contributed by atoms with Crippen LogP contribution in [-0.2, 0) is 6.54 Å². The van der Waals surface area contributed by atoms with Crippen LogP contribution >= 0.6 is 0 Å².